The lowest BCUT2D eigenvalue weighted by Gasteiger charge is -2.21. The maximum atomic E-state index is 5.46. The summed E-state index contributed by atoms with van der Waals surface area (Å²) in [4.78, 5) is 2.40. The minimum absolute atomic E-state index is 0.151. The van der Waals surface area contributed by atoms with Crippen molar-refractivity contribution in [2.45, 2.75) is 36.0 Å². The van der Waals surface area contributed by atoms with Crippen molar-refractivity contribution in [1.29, 1.82) is 0 Å². The van der Waals surface area contributed by atoms with Crippen molar-refractivity contribution in [3.63, 3.8) is 0 Å². The van der Waals surface area contributed by atoms with E-state index in [0.29, 0.717) is 0 Å². The maximum absolute atomic E-state index is 5.46. The summed E-state index contributed by atoms with van der Waals surface area (Å²) in [6.45, 7) is 6.68. The van der Waals surface area contributed by atoms with Crippen molar-refractivity contribution in [3.8, 4) is 5.75 Å². The first kappa shape index (κ1) is 14.0. The Morgan fingerprint density at radius 1 is 0.947 bits per heavy atom. The Labute approximate surface area is 120 Å². The molecule has 0 fully saturated rings. The van der Waals surface area contributed by atoms with Gasteiger partial charge in [-0.15, -0.1) is 0 Å². The predicted molar refractivity (Wildman–Crippen MR) is 82.3 cm³/mol. The van der Waals surface area contributed by atoms with Crippen LogP contribution in [0.2, 0.25) is 0 Å². The number of hydrogen-bond acceptors (Lipinski definition) is 2. The summed E-state index contributed by atoms with van der Waals surface area (Å²) in [7, 11) is 1.72. The quantitative estimate of drug-likeness (QED) is 0.764. The number of methoxy groups -OCH3 is 1. The lowest BCUT2D eigenvalue weighted by Crippen LogP contribution is -2.11. The van der Waals surface area contributed by atoms with Crippen LogP contribution in [0, 0.1) is 0 Å². The van der Waals surface area contributed by atoms with Crippen LogP contribution in [0.4, 0.5) is 0 Å². The third-order valence-electron chi connectivity index (χ3n) is 3.00. The van der Waals surface area contributed by atoms with Crippen LogP contribution in [0.25, 0.3) is 0 Å². The zero-order chi connectivity index (χ0) is 13.9. The SMILES string of the molecule is COc1ccc(C(C)(C)C)cc1Sc1ccccc1. The molecule has 0 spiro atoms. The van der Waals surface area contributed by atoms with Crippen molar-refractivity contribution < 1.29 is 4.74 Å². The van der Waals surface area contributed by atoms with Gasteiger partial charge >= 0.3 is 0 Å². The first-order valence-corrected chi connectivity index (χ1v) is 7.24. The summed E-state index contributed by atoms with van der Waals surface area (Å²) in [5.41, 5.74) is 1.48. The Morgan fingerprint density at radius 2 is 1.63 bits per heavy atom. The van der Waals surface area contributed by atoms with E-state index >= 15 is 0 Å². The van der Waals surface area contributed by atoms with Crippen LogP contribution < -0.4 is 4.74 Å². The van der Waals surface area contributed by atoms with Crippen molar-refractivity contribution in [3.05, 3.63) is 54.1 Å². The molecule has 2 rings (SSSR count). The van der Waals surface area contributed by atoms with E-state index in [2.05, 4.69) is 63.2 Å². The van der Waals surface area contributed by atoms with E-state index in [4.69, 9.17) is 4.74 Å². The fraction of sp³-hybridized carbons (Fsp3) is 0.294. The van der Waals surface area contributed by atoms with Crippen LogP contribution in [-0.2, 0) is 5.41 Å². The molecule has 0 aliphatic rings. The van der Waals surface area contributed by atoms with Gasteiger partial charge in [0.05, 0.1) is 12.0 Å². The zero-order valence-corrected chi connectivity index (χ0v) is 12.8. The number of benzene rings is 2. The monoisotopic (exact) mass is 272 g/mol. The number of hydrogen-bond donors (Lipinski definition) is 0. The lowest BCUT2D eigenvalue weighted by atomic mass is 9.87. The van der Waals surface area contributed by atoms with E-state index in [-0.39, 0.29) is 5.41 Å². The second kappa shape index (κ2) is 5.70. The van der Waals surface area contributed by atoms with Crippen molar-refractivity contribution in [2.24, 2.45) is 0 Å². The van der Waals surface area contributed by atoms with Gasteiger partial charge < -0.3 is 4.74 Å². The molecule has 0 radical (unpaired) electrons. The van der Waals surface area contributed by atoms with Gasteiger partial charge in [-0.1, -0.05) is 56.8 Å². The van der Waals surface area contributed by atoms with Gasteiger partial charge in [0, 0.05) is 4.90 Å². The highest BCUT2D eigenvalue weighted by Gasteiger charge is 2.16. The van der Waals surface area contributed by atoms with Crippen LogP contribution >= 0.6 is 11.8 Å². The molecule has 0 aliphatic heterocycles. The summed E-state index contributed by atoms with van der Waals surface area (Å²) in [5, 5.41) is 0. The molecule has 0 saturated heterocycles. The molecule has 0 bridgehead atoms. The molecule has 2 aromatic carbocycles. The molecule has 0 saturated carbocycles. The normalized spacial score (nSPS) is 11.4. The van der Waals surface area contributed by atoms with Crippen LogP contribution in [0.5, 0.6) is 5.75 Å². The maximum Gasteiger partial charge on any atom is 0.132 e. The van der Waals surface area contributed by atoms with Gasteiger partial charge in [0.15, 0.2) is 0 Å². The molecule has 19 heavy (non-hydrogen) atoms. The minimum Gasteiger partial charge on any atom is -0.496 e. The second-order valence-electron chi connectivity index (χ2n) is 5.53. The van der Waals surface area contributed by atoms with Crippen molar-refractivity contribution in [2.75, 3.05) is 7.11 Å². The molecule has 0 unspecified atom stereocenters. The average Bonchev–Trinajstić information content (AvgIpc) is 2.39. The Hall–Kier alpha value is -1.41. The van der Waals surface area contributed by atoms with Gasteiger partial charge in [-0.25, -0.2) is 0 Å². The molecule has 0 amide bonds. The highest BCUT2D eigenvalue weighted by atomic mass is 32.2. The summed E-state index contributed by atoms with van der Waals surface area (Å²) >= 11 is 1.74. The third kappa shape index (κ3) is 3.54. The fourth-order valence-electron chi connectivity index (χ4n) is 1.84. The number of rotatable bonds is 3. The fourth-order valence-corrected chi connectivity index (χ4v) is 2.82. The Morgan fingerprint density at radius 3 is 2.21 bits per heavy atom. The largest absolute Gasteiger partial charge is 0.496 e. The predicted octanol–water partition coefficient (Wildman–Crippen LogP) is 5.14. The summed E-state index contributed by atoms with van der Waals surface area (Å²) < 4.78 is 5.46. The topological polar surface area (TPSA) is 9.23 Å². The molecular weight excluding hydrogens is 252 g/mol. The van der Waals surface area contributed by atoms with Crippen molar-refractivity contribution >= 4 is 11.8 Å². The van der Waals surface area contributed by atoms with Crippen LogP contribution in [0.15, 0.2) is 58.3 Å². The molecule has 100 valence electrons. The smallest absolute Gasteiger partial charge is 0.132 e. The Balaban J connectivity index is 2.37. The molecule has 2 aromatic rings. The van der Waals surface area contributed by atoms with Crippen LogP contribution in [0.3, 0.4) is 0 Å². The molecule has 0 N–H and O–H groups in total. The van der Waals surface area contributed by atoms with Gasteiger partial charge in [0.25, 0.3) is 0 Å². The molecule has 0 aliphatic carbocycles. The Bertz CT molecular complexity index is 541. The van der Waals surface area contributed by atoms with Crippen LogP contribution in [-0.4, -0.2) is 7.11 Å². The zero-order valence-electron chi connectivity index (χ0n) is 11.9. The number of ether oxygens (including phenoxy) is 1. The molecular formula is C17H20OS. The Kier molecular flexibility index (Phi) is 4.20. The summed E-state index contributed by atoms with van der Waals surface area (Å²) in [6, 6.07) is 16.8. The van der Waals surface area contributed by atoms with Gasteiger partial charge in [-0.3, -0.25) is 0 Å². The van der Waals surface area contributed by atoms with Gasteiger partial charge in [0.1, 0.15) is 5.75 Å². The highest BCUT2D eigenvalue weighted by Crippen LogP contribution is 2.37. The third-order valence-corrected chi connectivity index (χ3v) is 4.05. The molecule has 0 atom stereocenters. The molecule has 0 aromatic heterocycles. The summed E-state index contributed by atoms with van der Waals surface area (Å²) in [5.74, 6) is 0.932. The van der Waals surface area contributed by atoms with E-state index in [9.17, 15) is 0 Å². The van der Waals surface area contributed by atoms with Gasteiger partial charge in [0.2, 0.25) is 0 Å². The first-order valence-electron chi connectivity index (χ1n) is 6.42. The molecule has 2 heteroatoms. The lowest BCUT2D eigenvalue weighted by molar-refractivity contribution is 0.404. The minimum atomic E-state index is 0.151. The highest BCUT2D eigenvalue weighted by molar-refractivity contribution is 7.99. The van der Waals surface area contributed by atoms with E-state index in [1.165, 1.54) is 15.4 Å². The second-order valence-corrected chi connectivity index (χ2v) is 6.65. The molecule has 1 nitrogen and oxygen atoms in total. The van der Waals surface area contributed by atoms with Crippen molar-refractivity contribution in [1.82, 2.24) is 0 Å². The van der Waals surface area contributed by atoms with E-state index in [1.807, 2.05) is 6.07 Å². The van der Waals surface area contributed by atoms with E-state index in [0.717, 1.165) is 5.75 Å². The molecule has 0 heterocycles. The van der Waals surface area contributed by atoms with Crippen LogP contribution in [0.1, 0.15) is 26.3 Å². The summed E-state index contributed by atoms with van der Waals surface area (Å²) in [6.07, 6.45) is 0. The van der Waals surface area contributed by atoms with E-state index in [1.54, 1.807) is 18.9 Å². The first-order chi connectivity index (χ1) is 9.00. The standard InChI is InChI=1S/C17H20OS/c1-17(2,3)13-10-11-15(18-4)16(12-13)19-14-8-6-5-7-9-14/h5-12H,1-4H3. The van der Waals surface area contributed by atoms with Gasteiger partial charge in [-0.05, 0) is 35.2 Å². The van der Waals surface area contributed by atoms with Gasteiger partial charge in [-0.2, -0.15) is 0 Å². The van der Waals surface area contributed by atoms with E-state index < -0.39 is 0 Å². The average molecular weight is 272 g/mol.